The molecule has 106 valence electrons. The van der Waals surface area contributed by atoms with Crippen LogP contribution in [-0.2, 0) is 20.3 Å². The molecule has 1 atom stereocenters. The molecule has 1 aromatic heterocycles. The lowest BCUT2D eigenvalue weighted by atomic mass is 10.1. The van der Waals surface area contributed by atoms with Gasteiger partial charge in [0.25, 0.3) is 0 Å². The zero-order chi connectivity index (χ0) is 13.9. The molecule has 1 unspecified atom stereocenters. The Morgan fingerprint density at radius 3 is 2.89 bits per heavy atom. The van der Waals surface area contributed by atoms with Gasteiger partial charge in [0.1, 0.15) is 5.76 Å². The van der Waals surface area contributed by atoms with Gasteiger partial charge in [-0.05, 0) is 18.6 Å². The number of furan rings is 1. The Morgan fingerprint density at radius 1 is 1.47 bits per heavy atom. The maximum Gasteiger partial charge on any atom is 0.232 e. The molecule has 1 aliphatic heterocycles. The second-order valence-electron chi connectivity index (χ2n) is 4.80. The van der Waals surface area contributed by atoms with E-state index >= 15 is 0 Å². The first-order chi connectivity index (χ1) is 8.94. The van der Waals surface area contributed by atoms with Gasteiger partial charge in [0, 0.05) is 42.5 Å². The van der Waals surface area contributed by atoms with Crippen molar-refractivity contribution in [1.29, 1.82) is 0 Å². The predicted octanol–water partition coefficient (Wildman–Crippen LogP) is 1.63. The van der Waals surface area contributed by atoms with Crippen LogP contribution in [0.1, 0.15) is 18.6 Å². The van der Waals surface area contributed by atoms with Gasteiger partial charge in [-0.1, -0.05) is 0 Å². The number of hydrogen-bond donors (Lipinski definition) is 0. The van der Waals surface area contributed by atoms with Crippen LogP contribution in [0.5, 0.6) is 0 Å². The lowest BCUT2D eigenvalue weighted by Gasteiger charge is -2.15. The maximum atomic E-state index is 11.7. The van der Waals surface area contributed by atoms with E-state index in [2.05, 4.69) is 0 Å². The summed E-state index contributed by atoms with van der Waals surface area (Å²) >= 11 is 0. The predicted molar refractivity (Wildman–Crippen MR) is 71.4 cm³/mol. The summed E-state index contributed by atoms with van der Waals surface area (Å²) in [5, 5.41) is 0. The van der Waals surface area contributed by atoms with Gasteiger partial charge in [-0.15, -0.1) is 0 Å². The molecule has 2 heterocycles. The topological polar surface area (TPSA) is 67.6 Å². The Kier molecular flexibility index (Phi) is 4.52. The summed E-state index contributed by atoms with van der Waals surface area (Å²) in [6.07, 6.45) is 3.47. The Bertz CT molecular complexity index is 526. The van der Waals surface area contributed by atoms with Gasteiger partial charge in [0.2, 0.25) is 15.0 Å². The minimum Gasteiger partial charge on any atom is -0.469 e. The van der Waals surface area contributed by atoms with Crippen LogP contribution < -0.4 is 0 Å². The van der Waals surface area contributed by atoms with Crippen molar-refractivity contribution in [3.63, 3.8) is 0 Å². The van der Waals surface area contributed by atoms with E-state index in [1.54, 1.807) is 11.2 Å². The largest absolute Gasteiger partial charge is 0.469 e. The van der Waals surface area contributed by atoms with Crippen molar-refractivity contribution >= 4 is 25.6 Å². The van der Waals surface area contributed by atoms with Gasteiger partial charge in [0.15, 0.2) is 0 Å². The molecule has 0 aromatic carbocycles. The van der Waals surface area contributed by atoms with Crippen molar-refractivity contribution in [1.82, 2.24) is 4.90 Å². The van der Waals surface area contributed by atoms with Crippen molar-refractivity contribution < 1.29 is 17.6 Å². The van der Waals surface area contributed by atoms with E-state index in [-0.39, 0.29) is 24.0 Å². The highest BCUT2D eigenvalue weighted by Gasteiger charge is 2.31. The Balaban J connectivity index is 1.77. The molecule has 19 heavy (non-hydrogen) atoms. The quantitative estimate of drug-likeness (QED) is 0.749. The Labute approximate surface area is 116 Å². The van der Waals surface area contributed by atoms with E-state index in [4.69, 9.17) is 15.1 Å². The van der Waals surface area contributed by atoms with Crippen molar-refractivity contribution in [2.45, 2.75) is 19.3 Å². The molecular weight excluding hydrogens is 290 g/mol. The number of halogens is 1. The molecule has 0 radical (unpaired) electrons. The fraction of sp³-hybridized carbons (Fsp3) is 0.583. The van der Waals surface area contributed by atoms with Crippen molar-refractivity contribution in [3.05, 3.63) is 24.2 Å². The van der Waals surface area contributed by atoms with Crippen LogP contribution in [-0.4, -0.2) is 38.1 Å². The minimum absolute atomic E-state index is 0.00441. The van der Waals surface area contributed by atoms with Gasteiger partial charge in [-0.2, -0.15) is 0 Å². The fourth-order valence-electron chi connectivity index (χ4n) is 2.36. The molecule has 0 aliphatic carbocycles. The summed E-state index contributed by atoms with van der Waals surface area (Å²) in [6, 6.07) is 3.73. The summed E-state index contributed by atoms with van der Waals surface area (Å²) in [6.45, 7) is 1.10. The van der Waals surface area contributed by atoms with E-state index < -0.39 is 9.05 Å². The van der Waals surface area contributed by atoms with Gasteiger partial charge in [-0.3, -0.25) is 4.79 Å². The summed E-state index contributed by atoms with van der Waals surface area (Å²) in [4.78, 5) is 13.4. The molecule has 0 bridgehead atoms. The molecule has 1 saturated heterocycles. The first kappa shape index (κ1) is 14.4. The van der Waals surface area contributed by atoms with E-state index in [1.807, 2.05) is 12.1 Å². The summed E-state index contributed by atoms with van der Waals surface area (Å²) < 4.78 is 27.2. The van der Waals surface area contributed by atoms with Crippen LogP contribution in [0.25, 0.3) is 0 Å². The number of amides is 1. The molecule has 0 spiro atoms. The Morgan fingerprint density at radius 2 is 2.26 bits per heavy atom. The first-order valence-electron chi connectivity index (χ1n) is 6.16. The summed E-state index contributed by atoms with van der Waals surface area (Å²) in [5.74, 6) is 0.588. The van der Waals surface area contributed by atoms with Gasteiger partial charge in [-0.25, -0.2) is 8.42 Å². The van der Waals surface area contributed by atoms with Gasteiger partial charge in [0.05, 0.1) is 12.0 Å². The number of rotatable bonds is 6. The van der Waals surface area contributed by atoms with Crippen LogP contribution in [0.4, 0.5) is 0 Å². The third-order valence-electron chi connectivity index (χ3n) is 3.16. The molecule has 1 amide bonds. The summed E-state index contributed by atoms with van der Waals surface area (Å²) in [5.41, 5.74) is 0. The summed E-state index contributed by atoms with van der Waals surface area (Å²) in [7, 11) is 1.68. The smallest absolute Gasteiger partial charge is 0.232 e. The second kappa shape index (κ2) is 5.96. The molecular formula is C12H16ClNO4S. The average Bonchev–Trinajstić information content (AvgIpc) is 2.87. The SMILES string of the molecule is O=C1CC(CS(=O)(=O)Cl)CN1CCCc1ccco1. The normalized spacial score (nSPS) is 20.2. The van der Waals surface area contributed by atoms with Crippen LogP contribution in [0.3, 0.4) is 0 Å². The standard InChI is InChI=1S/C12H16ClNO4S/c13-19(16,17)9-10-7-12(15)14(8-10)5-1-3-11-4-2-6-18-11/h2,4,6,10H,1,3,5,7-9H2. The number of aryl methyl sites for hydroxylation is 1. The molecule has 1 aromatic rings. The Hall–Kier alpha value is -1.01. The highest BCUT2D eigenvalue weighted by atomic mass is 35.7. The monoisotopic (exact) mass is 305 g/mol. The molecule has 5 nitrogen and oxygen atoms in total. The first-order valence-corrected chi connectivity index (χ1v) is 8.64. The second-order valence-corrected chi connectivity index (χ2v) is 7.62. The third kappa shape index (κ3) is 4.54. The van der Waals surface area contributed by atoms with E-state index in [0.717, 1.165) is 18.6 Å². The van der Waals surface area contributed by atoms with Crippen molar-refractivity contribution in [2.24, 2.45) is 5.92 Å². The number of nitrogens with zero attached hydrogens (tertiary/aromatic N) is 1. The van der Waals surface area contributed by atoms with Crippen LogP contribution in [0.2, 0.25) is 0 Å². The van der Waals surface area contributed by atoms with Gasteiger partial charge < -0.3 is 9.32 Å². The van der Waals surface area contributed by atoms with Crippen molar-refractivity contribution in [2.75, 3.05) is 18.8 Å². The third-order valence-corrected chi connectivity index (χ3v) is 4.41. The minimum atomic E-state index is -3.53. The zero-order valence-electron chi connectivity index (χ0n) is 10.4. The molecule has 0 saturated carbocycles. The van der Waals surface area contributed by atoms with E-state index in [9.17, 15) is 13.2 Å². The van der Waals surface area contributed by atoms with Crippen molar-refractivity contribution in [3.8, 4) is 0 Å². The molecule has 7 heteroatoms. The maximum absolute atomic E-state index is 11.7. The number of carbonyl (C=O) groups is 1. The van der Waals surface area contributed by atoms with Crippen LogP contribution in [0.15, 0.2) is 22.8 Å². The van der Waals surface area contributed by atoms with E-state index in [0.29, 0.717) is 13.1 Å². The number of hydrogen-bond acceptors (Lipinski definition) is 4. The zero-order valence-corrected chi connectivity index (χ0v) is 12.0. The molecule has 2 rings (SSSR count). The molecule has 0 N–H and O–H groups in total. The number of carbonyl (C=O) groups excluding carboxylic acids is 1. The van der Waals surface area contributed by atoms with E-state index in [1.165, 1.54) is 0 Å². The molecule has 1 aliphatic rings. The van der Waals surface area contributed by atoms with Crippen LogP contribution >= 0.6 is 10.7 Å². The van der Waals surface area contributed by atoms with Crippen LogP contribution in [0, 0.1) is 5.92 Å². The number of likely N-dealkylation sites (tertiary alicyclic amines) is 1. The highest BCUT2D eigenvalue weighted by Crippen LogP contribution is 2.21. The lowest BCUT2D eigenvalue weighted by molar-refractivity contribution is -0.127. The fourth-order valence-corrected chi connectivity index (χ4v) is 3.68. The average molecular weight is 306 g/mol. The molecule has 1 fully saturated rings. The van der Waals surface area contributed by atoms with Gasteiger partial charge >= 0.3 is 0 Å². The highest BCUT2D eigenvalue weighted by molar-refractivity contribution is 8.13. The lowest BCUT2D eigenvalue weighted by Crippen LogP contribution is -2.27.